The second-order valence-corrected chi connectivity index (χ2v) is 7.54. The fourth-order valence-electron chi connectivity index (χ4n) is 2.73. The second kappa shape index (κ2) is 8.98. The molecule has 0 aromatic carbocycles. The Morgan fingerprint density at radius 3 is 2.48 bits per heavy atom. The van der Waals surface area contributed by atoms with E-state index in [9.17, 15) is 4.79 Å². The zero-order valence-electron chi connectivity index (χ0n) is 16.6. The molecule has 7 nitrogen and oxygen atoms in total. The van der Waals surface area contributed by atoms with Crippen molar-refractivity contribution < 1.29 is 28.5 Å². The van der Waals surface area contributed by atoms with Crippen molar-refractivity contribution in [2.45, 2.75) is 84.2 Å². The van der Waals surface area contributed by atoms with Crippen LogP contribution < -0.4 is 5.32 Å². The summed E-state index contributed by atoms with van der Waals surface area (Å²) in [6.07, 6.45) is 2.07. The standard InChI is InChI=1S/C18H33NO6/c1-9-10-13(22-11-21-8)15-14(12(2)23-18(6,7)24-15)19-16(20)25-17(3,4)5/h9-10,12-15H,11H2,1-8H3,(H,19,20)/b10-9+/t12-,13?,14+,15+/m0/s1. The molecule has 0 spiro atoms. The summed E-state index contributed by atoms with van der Waals surface area (Å²) in [4.78, 5) is 12.2. The summed E-state index contributed by atoms with van der Waals surface area (Å²) in [5.41, 5.74) is -0.590. The van der Waals surface area contributed by atoms with Gasteiger partial charge in [-0.05, 0) is 48.5 Å². The highest BCUT2D eigenvalue weighted by molar-refractivity contribution is 5.68. The smallest absolute Gasteiger partial charge is 0.408 e. The van der Waals surface area contributed by atoms with Crippen molar-refractivity contribution in [1.82, 2.24) is 5.32 Å². The molecule has 1 amide bonds. The van der Waals surface area contributed by atoms with Crippen molar-refractivity contribution in [1.29, 1.82) is 0 Å². The van der Waals surface area contributed by atoms with Gasteiger partial charge in [0.05, 0.1) is 12.1 Å². The minimum atomic E-state index is -0.799. The van der Waals surface area contributed by atoms with E-state index in [0.29, 0.717) is 0 Å². The Balaban J connectivity index is 3.00. The highest BCUT2D eigenvalue weighted by atomic mass is 16.7. The van der Waals surface area contributed by atoms with E-state index in [4.69, 9.17) is 23.7 Å². The lowest BCUT2D eigenvalue weighted by molar-refractivity contribution is -0.320. The summed E-state index contributed by atoms with van der Waals surface area (Å²) in [7, 11) is 1.56. The van der Waals surface area contributed by atoms with Gasteiger partial charge in [-0.2, -0.15) is 0 Å². The van der Waals surface area contributed by atoms with Crippen LogP contribution in [0, 0.1) is 0 Å². The van der Waals surface area contributed by atoms with Crippen LogP contribution in [0.3, 0.4) is 0 Å². The summed E-state index contributed by atoms with van der Waals surface area (Å²) in [6.45, 7) is 13.0. The molecule has 1 unspecified atom stereocenters. The number of carbonyl (C=O) groups is 1. The topological polar surface area (TPSA) is 75.3 Å². The van der Waals surface area contributed by atoms with E-state index in [1.165, 1.54) is 0 Å². The van der Waals surface area contributed by atoms with Gasteiger partial charge in [0.15, 0.2) is 5.79 Å². The number of hydrogen-bond donors (Lipinski definition) is 1. The molecule has 25 heavy (non-hydrogen) atoms. The van der Waals surface area contributed by atoms with Crippen molar-refractivity contribution in [3.8, 4) is 0 Å². The minimum absolute atomic E-state index is 0.115. The average Bonchev–Trinajstić information content (AvgIpc) is 2.43. The van der Waals surface area contributed by atoms with Crippen molar-refractivity contribution in [3.63, 3.8) is 0 Å². The third kappa shape index (κ3) is 7.32. The van der Waals surface area contributed by atoms with E-state index in [0.717, 1.165) is 0 Å². The predicted molar refractivity (Wildman–Crippen MR) is 94.2 cm³/mol. The van der Waals surface area contributed by atoms with Crippen LogP contribution in [0.4, 0.5) is 4.79 Å². The zero-order chi connectivity index (χ0) is 19.3. The van der Waals surface area contributed by atoms with E-state index in [2.05, 4.69) is 5.32 Å². The third-order valence-corrected chi connectivity index (χ3v) is 3.52. The first-order valence-corrected chi connectivity index (χ1v) is 8.57. The van der Waals surface area contributed by atoms with Gasteiger partial charge in [-0.15, -0.1) is 0 Å². The van der Waals surface area contributed by atoms with E-state index in [1.807, 2.05) is 60.6 Å². The van der Waals surface area contributed by atoms with Crippen LogP contribution in [-0.2, 0) is 23.7 Å². The fraction of sp³-hybridized carbons (Fsp3) is 0.833. The van der Waals surface area contributed by atoms with E-state index in [-0.39, 0.29) is 12.9 Å². The summed E-state index contributed by atoms with van der Waals surface area (Å²) >= 11 is 0. The van der Waals surface area contributed by atoms with Gasteiger partial charge < -0.3 is 29.0 Å². The van der Waals surface area contributed by atoms with Gasteiger partial charge >= 0.3 is 6.09 Å². The second-order valence-electron chi connectivity index (χ2n) is 7.54. The minimum Gasteiger partial charge on any atom is -0.444 e. The summed E-state index contributed by atoms with van der Waals surface area (Å²) in [6, 6.07) is -0.444. The van der Waals surface area contributed by atoms with E-state index < -0.39 is 35.7 Å². The van der Waals surface area contributed by atoms with Crippen LogP contribution >= 0.6 is 0 Å². The van der Waals surface area contributed by atoms with Crippen molar-refractivity contribution in [2.24, 2.45) is 0 Å². The first-order chi connectivity index (χ1) is 11.5. The molecule has 1 fully saturated rings. The van der Waals surface area contributed by atoms with E-state index in [1.54, 1.807) is 7.11 Å². The highest BCUT2D eigenvalue weighted by Gasteiger charge is 2.45. The normalized spacial score (nSPS) is 27.9. The molecule has 0 bridgehead atoms. The molecule has 0 aromatic rings. The Kier molecular flexibility index (Phi) is 7.87. The number of nitrogens with one attached hydrogen (secondary N) is 1. The summed E-state index contributed by atoms with van der Waals surface area (Å²) < 4.78 is 28.1. The maximum absolute atomic E-state index is 12.2. The molecule has 0 radical (unpaired) electrons. The van der Waals surface area contributed by atoms with Gasteiger partial charge in [-0.25, -0.2) is 4.79 Å². The van der Waals surface area contributed by atoms with Gasteiger partial charge in [-0.1, -0.05) is 12.2 Å². The van der Waals surface area contributed by atoms with Crippen molar-refractivity contribution in [2.75, 3.05) is 13.9 Å². The van der Waals surface area contributed by atoms with Gasteiger partial charge in [0.2, 0.25) is 0 Å². The van der Waals surface area contributed by atoms with Gasteiger partial charge in [0.1, 0.15) is 24.6 Å². The van der Waals surface area contributed by atoms with Crippen LogP contribution in [0.5, 0.6) is 0 Å². The number of rotatable bonds is 6. The summed E-state index contributed by atoms with van der Waals surface area (Å²) in [5.74, 6) is -0.799. The van der Waals surface area contributed by atoms with Crippen molar-refractivity contribution in [3.05, 3.63) is 12.2 Å². The lowest BCUT2D eigenvalue weighted by Gasteiger charge is -2.46. The SMILES string of the molecule is C/C=C/C(OCOC)[C@H]1OC(C)(C)O[C@@H](C)[C@H]1NC(=O)OC(C)(C)C. The predicted octanol–water partition coefficient (Wildman–Crippen LogP) is 2.98. The van der Waals surface area contributed by atoms with Crippen molar-refractivity contribution >= 4 is 6.09 Å². The Bertz CT molecular complexity index is 457. The maximum atomic E-state index is 12.2. The lowest BCUT2D eigenvalue weighted by atomic mass is 9.97. The number of allylic oxidation sites excluding steroid dienone is 1. The number of alkyl carbamates (subject to hydrolysis) is 1. The Labute approximate surface area is 151 Å². The molecule has 1 aliphatic rings. The van der Waals surface area contributed by atoms with Crippen LogP contribution in [0.25, 0.3) is 0 Å². The monoisotopic (exact) mass is 359 g/mol. The first-order valence-electron chi connectivity index (χ1n) is 8.57. The number of ether oxygens (including phenoxy) is 5. The van der Waals surface area contributed by atoms with E-state index >= 15 is 0 Å². The average molecular weight is 359 g/mol. The fourth-order valence-corrected chi connectivity index (χ4v) is 2.73. The highest BCUT2D eigenvalue weighted by Crippen LogP contribution is 2.30. The quantitative estimate of drug-likeness (QED) is 0.580. The third-order valence-electron chi connectivity index (χ3n) is 3.52. The Hall–Kier alpha value is -1.15. The lowest BCUT2D eigenvalue weighted by Crippen LogP contribution is -2.63. The number of hydrogen-bond acceptors (Lipinski definition) is 6. The number of amides is 1. The van der Waals surface area contributed by atoms with Crippen LogP contribution in [0.1, 0.15) is 48.5 Å². The number of carbonyl (C=O) groups excluding carboxylic acids is 1. The molecule has 1 heterocycles. The molecule has 1 rings (SSSR count). The molecule has 1 aliphatic heterocycles. The molecule has 7 heteroatoms. The van der Waals surface area contributed by atoms with Crippen LogP contribution in [0.15, 0.2) is 12.2 Å². The largest absolute Gasteiger partial charge is 0.444 e. The molecule has 146 valence electrons. The van der Waals surface area contributed by atoms with Crippen LogP contribution in [0.2, 0.25) is 0 Å². The zero-order valence-corrected chi connectivity index (χ0v) is 16.6. The van der Waals surface area contributed by atoms with Gasteiger partial charge in [0, 0.05) is 7.11 Å². The Morgan fingerprint density at radius 2 is 1.96 bits per heavy atom. The summed E-state index contributed by atoms with van der Waals surface area (Å²) in [5, 5.41) is 2.86. The molecular formula is C18H33NO6. The molecule has 0 aromatic heterocycles. The van der Waals surface area contributed by atoms with Gasteiger partial charge in [0.25, 0.3) is 0 Å². The molecule has 1 N–H and O–H groups in total. The molecule has 4 atom stereocenters. The van der Waals surface area contributed by atoms with Gasteiger partial charge in [-0.3, -0.25) is 0 Å². The molecular weight excluding hydrogens is 326 g/mol. The maximum Gasteiger partial charge on any atom is 0.408 e. The number of methoxy groups -OCH3 is 1. The molecule has 0 aliphatic carbocycles. The first kappa shape index (κ1) is 21.9. The molecule has 0 saturated carbocycles. The molecule has 1 saturated heterocycles. The Morgan fingerprint density at radius 1 is 1.32 bits per heavy atom. The van der Waals surface area contributed by atoms with Crippen LogP contribution in [-0.4, -0.2) is 55.7 Å².